The summed E-state index contributed by atoms with van der Waals surface area (Å²) in [6.07, 6.45) is 1.95. The number of hydrogen-bond donors (Lipinski definition) is 2. The van der Waals surface area contributed by atoms with Crippen molar-refractivity contribution in [3.63, 3.8) is 0 Å². The topological polar surface area (TPSA) is 50.9 Å². The summed E-state index contributed by atoms with van der Waals surface area (Å²) < 4.78 is 0. The summed E-state index contributed by atoms with van der Waals surface area (Å²) in [6.45, 7) is 9.98. The fourth-order valence-electron chi connectivity index (χ4n) is 2.64. The fourth-order valence-corrected chi connectivity index (χ4v) is 2.64. The van der Waals surface area contributed by atoms with Crippen molar-refractivity contribution in [2.24, 2.45) is 0 Å². The number of H-pyrrole nitrogens is 1. The Hall–Kier alpha value is -1.62. The maximum Gasteiger partial charge on any atom is 0.278 e. The first-order valence-electron chi connectivity index (χ1n) is 7.44. The molecule has 1 atom stereocenters. The van der Waals surface area contributed by atoms with Gasteiger partial charge in [-0.2, -0.15) is 0 Å². The predicted octanol–water partition coefficient (Wildman–Crippen LogP) is -0.881. The number of nitrogens with one attached hydrogen (secondary N) is 3. The van der Waals surface area contributed by atoms with Gasteiger partial charge in [0, 0.05) is 12.1 Å². The Morgan fingerprint density at radius 1 is 1.30 bits per heavy atom. The molecule has 1 aliphatic heterocycles. The zero-order chi connectivity index (χ0) is 14.5. The summed E-state index contributed by atoms with van der Waals surface area (Å²) in [6, 6.07) is 6.37. The van der Waals surface area contributed by atoms with Crippen LogP contribution in [0.1, 0.15) is 20.8 Å². The highest BCUT2D eigenvalue weighted by atomic mass is 16.2. The first kappa shape index (κ1) is 14.8. The monoisotopic (exact) mass is 278 g/mol. The molecule has 0 aromatic carbocycles. The van der Waals surface area contributed by atoms with Crippen LogP contribution in [0.5, 0.6) is 0 Å². The van der Waals surface area contributed by atoms with E-state index in [1.165, 1.54) is 4.90 Å². The molecular formula is C15H26N4O+2. The molecule has 5 nitrogen and oxygen atoms in total. The van der Waals surface area contributed by atoms with Gasteiger partial charge in [-0.05, 0) is 26.8 Å². The van der Waals surface area contributed by atoms with Crippen LogP contribution >= 0.6 is 0 Å². The molecule has 2 rings (SSSR count). The third kappa shape index (κ3) is 3.70. The van der Waals surface area contributed by atoms with Crippen LogP contribution in [0.15, 0.2) is 24.4 Å². The van der Waals surface area contributed by atoms with Gasteiger partial charge in [-0.3, -0.25) is 9.69 Å². The van der Waals surface area contributed by atoms with E-state index < -0.39 is 0 Å². The summed E-state index contributed by atoms with van der Waals surface area (Å²) in [7, 11) is 0. The number of piperazine rings is 1. The van der Waals surface area contributed by atoms with Gasteiger partial charge in [0.1, 0.15) is 26.2 Å². The number of aromatic nitrogens is 1. The maximum absolute atomic E-state index is 12.1. The molecule has 0 radical (unpaired) electrons. The predicted molar refractivity (Wildman–Crippen MR) is 78.6 cm³/mol. The lowest BCUT2D eigenvalue weighted by molar-refractivity contribution is -0.914. The molecule has 2 heterocycles. The maximum atomic E-state index is 12.1. The van der Waals surface area contributed by atoms with Crippen LogP contribution in [0.25, 0.3) is 0 Å². The van der Waals surface area contributed by atoms with Crippen molar-refractivity contribution in [2.75, 3.05) is 31.1 Å². The van der Waals surface area contributed by atoms with Gasteiger partial charge in [0.2, 0.25) is 0 Å². The summed E-state index contributed by atoms with van der Waals surface area (Å²) in [5.41, 5.74) is 0. The number of quaternary nitrogens is 1. The van der Waals surface area contributed by atoms with E-state index in [1.54, 1.807) is 0 Å². The highest BCUT2D eigenvalue weighted by Crippen LogP contribution is 2.04. The Balaban J connectivity index is 1.86. The van der Waals surface area contributed by atoms with Gasteiger partial charge in [-0.1, -0.05) is 6.07 Å². The van der Waals surface area contributed by atoms with Crippen molar-refractivity contribution in [3.05, 3.63) is 24.4 Å². The molecule has 5 heteroatoms. The van der Waals surface area contributed by atoms with Crippen molar-refractivity contribution in [1.29, 1.82) is 0 Å². The van der Waals surface area contributed by atoms with E-state index in [2.05, 4.69) is 21.3 Å². The van der Waals surface area contributed by atoms with Gasteiger partial charge in [0.15, 0.2) is 6.04 Å². The van der Waals surface area contributed by atoms with Crippen molar-refractivity contribution in [3.8, 4) is 0 Å². The lowest BCUT2D eigenvalue weighted by atomic mass is 10.2. The molecule has 1 aromatic heterocycles. The zero-order valence-corrected chi connectivity index (χ0v) is 12.6. The SMILES string of the molecule is CC(C)NC(=O)[C@@H](C)[NH+]1CCN(c2cccc[nH+]2)CC1. The van der Waals surface area contributed by atoms with E-state index in [0.29, 0.717) is 0 Å². The summed E-state index contributed by atoms with van der Waals surface area (Å²) in [5, 5.41) is 3.00. The first-order chi connectivity index (χ1) is 9.58. The smallest absolute Gasteiger partial charge is 0.278 e. The molecule has 0 unspecified atom stereocenters. The van der Waals surface area contributed by atoms with Gasteiger partial charge in [0.05, 0.1) is 6.20 Å². The second-order valence-corrected chi connectivity index (χ2v) is 5.78. The fraction of sp³-hybridized carbons (Fsp3) is 0.600. The Labute approximate surface area is 121 Å². The number of hydrogen-bond acceptors (Lipinski definition) is 2. The second-order valence-electron chi connectivity index (χ2n) is 5.78. The lowest BCUT2D eigenvalue weighted by Crippen LogP contribution is -3.19. The average Bonchev–Trinajstić information content (AvgIpc) is 2.47. The Kier molecular flexibility index (Phi) is 4.95. The minimum Gasteiger partial charge on any atom is -0.349 e. The van der Waals surface area contributed by atoms with Crippen LogP contribution in [-0.4, -0.2) is 44.2 Å². The molecule has 1 amide bonds. The third-order valence-corrected chi connectivity index (χ3v) is 3.88. The van der Waals surface area contributed by atoms with Crippen molar-refractivity contribution < 1.29 is 14.7 Å². The van der Waals surface area contributed by atoms with Gasteiger partial charge in [0.25, 0.3) is 11.7 Å². The highest BCUT2D eigenvalue weighted by molar-refractivity contribution is 5.80. The molecule has 0 aliphatic carbocycles. The van der Waals surface area contributed by atoms with Crippen molar-refractivity contribution in [2.45, 2.75) is 32.9 Å². The highest BCUT2D eigenvalue weighted by Gasteiger charge is 2.32. The molecule has 0 bridgehead atoms. The number of carbonyl (C=O) groups excluding carboxylic acids is 1. The Bertz CT molecular complexity index is 427. The standard InChI is InChI=1S/C15H24N4O/c1-12(2)17-15(20)13(3)18-8-10-19(11-9-18)14-6-4-5-7-16-14/h4-7,12-13H,8-11H2,1-3H3,(H,17,20)/p+2/t13-/m1/s1. The van der Waals surface area contributed by atoms with Gasteiger partial charge < -0.3 is 10.2 Å². The van der Waals surface area contributed by atoms with E-state index in [9.17, 15) is 4.79 Å². The molecule has 1 fully saturated rings. The van der Waals surface area contributed by atoms with Crippen LogP contribution in [0.4, 0.5) is 5.82 Å². The van der Waals surface area contributed by atoms with E-state index in [1.807, 2.05) is 39.1 Å². The van der Waals surface area contributed by atoms with Crippen molar-refractivity contribution in [1.82, 2.24) is 5.32 Å². The first-order valence-corrected chi connectivity index (χ1v) is 7.44. The number of carbonyl (C=O) groups is 1. The van der Waals surface area contributed by atoms with Crippen LogP contribution < -0.4 is 20.1 Å². The quantitative estimate of drug-likeness (QED) is 0.751. The Morgan fingerprint density at radius 3 is 2.55 bits per heavy atom. The van der Waals surface area contributed by atoms with E-state index in [4.69, 9.17) is 0 Å². The Morgan fingerprint density at radius 2 is 2.00 bits per heavy atom. The molecule has 1 aliphatic rings. The van der Waals surface area contributed by atoms with Crippen molar-refractivity contribution >= 4 is 11.7 Å². The van der Waals surface area contributed by atoms with Crippen LogP contribution in [0, 0.1) is 0 Å². The van der Waals surface area contributed by atoms with Crippen LogP contribution in [0.2, 0.25) is 0 Å². The van der Waals surface area contributed by atoms with E-state index in [0.717, 1.165) is 32.0 Å². The normalized spacial score (nSPS) is 18.1. The van der Waals surface area contributed by atoms with Gasteiger partial charge in [-0.25, -0.2) is 4.98 Å². The largest absolute Gasteiger partial charge is 0.349 e. The summed E-state index contributed by atoms with van der Waals surface area (Å²) >= 11 is 0. The number of nitrogens with zero attached hydrogens (tertiary/aromatic N) is 1. The van der Waals surface area contributed by atoms with Crippen LogP contribution in [-0.2, 0) is 4.79 Å². The summed E-state index contributed by atoms with van der Waals surface area (Å²) in [4.78, 5) is 19.0. The average molecular weight is 278 g/mol. The molecule has 1 saturated heterocycles. The second kappa shape index (κ2) is 6.70. The number of pyridine rings is 1. The number of amides is 1. The molecule has 20 heavy (non-hydrogen) atoms. The van der Waals surface area contributed by atoms with E-state index in [-0.39, 0.29) is 18.0 Å². The molecule has 1 aromatic rings. The van der Waals surface area contributed by atoms with Gasteiger partial charge in [-0.15, -0.1) is 0 Å². The summed E-state index contributed by atoms with van der Waals surface area (Å²) in [5.74, 6) is 1.32. The van der Waals surface area contributed by atoms with Gasteiger partial charge >= 0.3 is 0 Å². The number of rotatable bonds is 4. The molecule has 3 N–H and O–H groups in total. The zero-order valence-electron chi connectivity index (χ0n) is 12.6. The lowest BCUT2D eigenvalue weighted by Gasteiger charge is -2.31. The molecule has 0 saturated carbocycles. The van der Waals surface area contributed by atoms with E-state index >= 15 is 0 Å². The molecule has 0 spiro atoms. The number of anilines is 1. The minimum atomic E-state index is 0.0271. The number of aromatic amines is 1. The molecule has 110 valence electrons. The molecular weight excluding hydrogens is 252 g/mol. The van der Waals surface area contributed by atoms with Crippen LogP contribution in [0.3, 0.4) is 0 Å². The minimum absolute atomic E-state index is 0.0271. The third-order valence-electron chi connectivity index (χ3n) is 3.88.